The van der Waals surface area contributed by atoms with E-state index in [0.29, 0.717) is 19.0 Å². The third-order valence-corrected chi connectivity index (χ3v) is 3.84. The van der Waals surface area contributed by atoms with Crippen LogP contribution in [-0.2, 0) is 4.79 Å². The first kappa shape index (κ1) is 20.6. The molecule has 136 valence electrons. The molecule has 0 aliphatic carbocycles. The zero-order valence-electron chi connectivity index (χ0n) is 14.6. The van der Waals surface area contributed by atoms with Crippen molar-refractivity contribution < 1.29 is 14.3 Å². The highest BCUT2D eigenvalue weighted by Crippen LogP contribution is 2.31. The molecule has 0 saturated carbocycles. The number of nitrogens with one attached hydrogen (secondary N) is 2. The van der Waals surface area contributed by atoms with Crippen molar-refractivity contribution >= 4 is 24.0 Å². The molecular formula is C18H29ClN2O3. The average Bonchev–Trinajstić information content (AvgIpc) is 2.59. The quantitative estimate of drug-likeness (QED) is 0.746. The Hall–Kier alpha value is -1.46. The van der Waals surface area contributed by atoms with E-state index in [-0.39, 0.29) is 24.2 Å². The number of carbonyl (C=O) groups is 1. The van der Waals surface area contributed by atoms with Crippen LogP contribution in [0.1, 0.15) is 39.5 Å². The smallest absolute Gasteiger partial charge is 0.227 e. The lowest BCUT2D eigenvalue weighted by atomic mass is 9.97. The van der Waals surface area contributed by atoms with Crippen LogP contribution in [0, 0.1) is 5.92 Å². The molecule has 0 spiro atoms. The van der Waals surface area contributed by atoms with Crippen LogP contribution in [0.15, 0.2) is 18.2 Å². The van der Waals surface area contributed by atoms with E-state index in [0.717, 1.165) is 50.2 Å². The van der Waals surface area contributed by atoms with Gasteiger partial charge in [0.1, 0.15) is 0 Å². The van der Waals surface area contributed by atoms with Crippen LogP contribution in [0.4, 0.5) is 5.69 Å². The zero-order chi connectivity index (χ0) is 16.5. The molecule has 0 atom stereocenters. The van der Waals surface area contributed by atoms with Crippen molar-refractivity contribution in [2.24, 2.45) is 5.92 Å². The molecule has 1 aliphatic heterocycles. The highest BCUT2D eigenvalue weighted by atomic mass is 35.5. The molecule has 6 heteroatoms. The number of benzene rings is 1. The lowest BCUT2D eigenvalue weighted by Crippen LogP contribution is -2.34. The number of anilines is 1. The molecule has 1 fully saturated rings. The van der Waals surface area contributed by atoms with Gasteiger partial charge in [0, 0.05) is 17.7 Å². The lowest BCUT2D eigenvalue weighted by molar-refractivity contribution is -0.120. The molecule has 5 nitrogen and oxygen atoms in total. The molecule has 0 radical (unpaired) electrons. The van der Waals surface area contributed by atoms with Crippen LogP contribution in [0.5, 0.6) is 11.5 Å². The Balaban J connectivity index is 0.00000288. The molecule has 1 aromatic rings. The van der Waals surface area contributed by atoms with Gasteiger partial charge < -0.3 is 20.1 Å². The highest BCUT2D eigenvalue weighted by molar-refractivity contribution is 5.93. The van der Waals surface area contributed by atoms with Gasteiger partial charge in [-0.15, -0.1) is 12.4 Å². The van der Waals surface area contributed by atoms with Gasteiger partial charge in [0.25, 0.3) is 0 Å². The predicted octanol–water partition coefficient (Wildman–Crippen LogP) is 3.62. The fraction of sp³-hybridized carbons (Fsp3) is 0.611. The molecule has 0 aromatic heterocycles. The van der Waals surface area contributed by atoms with Crippen LogP contribution in [0.25, 0.3) is 0 Å². The van der Waals surface area contributed by atoms with E-state index in [1.54, 1.807) is 0 Å². The van der Waals surface area contributed by atoms with E-state index in [2.05, 4.69) is 24.5 Å². The number of amides is 1. The fourth-order valence-corrected chi connectivity index (χ4v) is 2.57. The van der Waals surface area contributed by atoms with E-state index in [9.17, 15) is 4.79 Å². The number of halogens is 1. The number of carbonyl (C=O) groups excluding carboxylic acids is 1. The average molecular weight is 357 g/mol. The third kappa shape index (κ3) is 6.21. The summed E-state index contributed by atoms with van der Waals surface area (Å²) >= 11 is 0. The summed E-state index contributed by atoms with van der Waals surface area (Å²) in [6, 6.07) is 5.61. The van der Waals surface area contributed by atoms with Gasteiger partial charge in [-0.2, -0.15) is 0 Å². The van der Waals surface area contributed by atoms with Crippen molar-refractivity contribution in [1.29, 1.82) is 0 Å². The Bertz CT molecular complexity index is 505. The SMILES string of the molecule is CCCOc1ccc(NC(=O)C2CCNCC2)cc1OCCC.Cl. The first-order valence-electron chi connectivity index (χ1n) is 8.65. The molecule has 2 N–H and O–H groups in total. The van der Waals surface area contributed by atoms with E-state index in [1.165, 1.54) is 0 Å². The molecule has 0 unspecified atom stereocenters. The van der Waals surface area contributed by atoms with Gasteiger partial charge >= 0.3 is 0 Å². The second-order valence-electron chi connectivity index (χ2n) is 5.87. The Morgan fingerprint density at radius 1 is 1.12 bits per heavy atom. The maximum Gasteiger partial charge on any atom is 0.227 e. The Labute approximate surface area is 150 Å². The molecule has 2 rings (SSSR count). The van der Waals surface area contributed by atoms with Crippen LogP contribution < -0.4 is 20.1 Å². The summed E-state index contributed by atoms with van der Waals surface area (Å²) < 4.78 is 11.5. The Morgan fingerprint density at radius 3 is 2.38 bits per heavy atom. The Morgan fingerprint density at radius 2 is 1.75 bits per heavy atom. The van der Waals surface area contributed by atoms with Crippen molar-refractivity contribution in [3.8, 4) is 11.5 Å². The minimum Gasteiger partial charge on any atom is -0.490 e. The van der Waals surface area contributed by atoms with Crippen LogP contribution in [-0.4, -0.2) is 32.2 Å². The largest absolute Gasteiger partial charge is 0.490 e. The van der Waals surface area contributed by atoms with E-state index < -0.39 is 0 Å². The van der Waals surface area contributed by atoms with Crippen molar-refractivity contribution in [3.05, 3.63) is 18.2 Å². The summed E-state index contributed by atoms with van der Waals surface area (Å²) in [5.74, 6) is 1.62. The summed E-state index contributed by atoms with van der Waals surface area (Å²) in [5, 5.41) is 6.29. The maximum absolute atomic E-state index is 12.3. The first-order valence-corrected chi connectivity index (χ1v) is 8.65. The second-order valence-corrected chi connectivity index (χ2v) is 5.87. The molecule has 1 saturated heterocycles. The molecule has 1 heterocycles. The molecular weight excluding hydrogens is 328 g/mol. The summed E-state index contributed by atoms with van der Waals surface area (Å²) in [4.78, 5) is 12.3. The van der Waals surface area contributed by atoms with Crippen LogP contribution in [0.2, 0.25) is 0 Å². The molecule has 1 aromatic carbocycles. The molecule has 1 aliphatic rings. The third-order valence-electron chi connectivity index (χ3n) is 3.84. The van der Waals surface area contributed by atoms with Crippen LogP contribution >= 0.6 is 12.4 Å². The summed E-state index contributed by atoms with van der Waals surface area (Å²) in [5.41, 5.74) is 0.767. The molecule has 0 bridgehead atoms. The number of hydrogen-bond donors (Lipinski definition) is 2. The second kappa shape index (κ2) is 11.2. The fourth-order valence-electron chi connectivity index (χ4n) is 2.57. The van der Waals surface area contributed by atoms with E-state index >= 15 is 0 Å². The van der Waals surface area contributed by atoms with Crippen molar-refractivity contribution in [1.82, 2.24) is 5.32 Å². The van der Waals surface area contributed by atoms with Crippen molar-refractivity contribution in [2.45, 2.75) is 39.5 Å². The number of ether oxygens (including phenoxy) is 2. The Kier molecular flexibility index (Phi) is 9.57. The van der Waals surface area contributed by atoms with Gasteiger partial charge in [0.05, 0.1) is 13.2 Å². The highest BCUT2D eigenvalue weighted by Gasteiger charge is 2.21. The molecule has 1 amide bonds. The summed E-state index contributed by atoms with van der Waals surface area (Å²) in [6.07, 6.45) is 3.66. The summed E-state index contributed by atoms with van der Waals surface area (Å²) in [6.45, 7) is 7.24. The van der Waals surface area contributed by atoms with E-state index in [4.69, 9.17) is 9.47 Å². The minimum atomic E-state index is 0. The number of rotatable bonds is 8. The van der Waals surface area contributed by atoms with Gasteiger partial charge in [-0.3, -0.25) is 4.79 Å². The number of piperidine rings is 1. The number of hydrogen-bond acceptors (Lipinski definition) is 4. The van der Waals surface area contributed by atoms with E-state index in [1.807, 2.05) is 18.2 Å². The van der Waals surface area contributed by atoms with Gasteiger partial charge in [-0.05, 0) is 50.9 Å². The topological polar surface area (TPSA) is 59.6 Å². The maximum atomic E-state index is 12.3. The van der Waals surface area contributed by atoms with Crippen LogP contribution in [0.3, 0.4) is 0 Å². The van der Waals surface area contributed by atoms with Gasteiger partial charge in [0.2, 0.25) is 5.91 Å². The summed E-state index contributed by atoms with van der Waals surface area (Å²) in [7, 11) is 0. The monoisotopic (exact) mass is 356 g/mol. The first-order chi connectivity index (χ1) is 11.2. The standard InChI is InChI=1S/C18H28N2O3.ClH/c1-3-11-22-16-6-5-15(13-17(16)23-12-4-2)20-18(21)14-7-9-19-10-8-14;/h5-6,13-14,19H,3-4,7-12H2,1-2H3,(H,20,21);1H. The normalized spacial score (nSPS) is 14.6. The molecule has 24 heavy (non-hydrogen) atoms. The van der Waals surface area contributed by atoms with Gasteiger partial charge in [0.15, 0.2) is 11.5 Å². The van der Waals surface area contributed by atoms with Gasteiger partial charge in [-0.25, -0.2) is 0 Å². The lowest BCUT2D eigenvalue weighted by Gasteiger charge is -2.22. The minimum absolute atomic E-state index is 0. The van der Waals surface area contributed by atoms with Gasteiger partial charge in [-0.1, -0.05) is 13.8 Å². The zero-order valence-corrected chi connectivity index (χ0v) is 15.4. The van der Waals surface area contributed by atoms with Crippen molar-refractivity contribution in [3.63, 3.8) is 0 Å². The predicted molar refractivity (Wildman–Crippen MR) is 99.5 cm³/mol. The van der Waals surface area contributed by atoms with Crippen molar-refractivity contribution in [2.75, 3.05) is 31.6 Å².